The fraction of sp³-hybridized carbons (Fsp3) is 0.556. The highest BCUT2D eigenvalue weighted by molar-refractivity contribution is 6.03. The number of esters is 2. The van der Waals surface area contributed by atoms with Gasteiger partial charge in [-0.2, -0.15) is 0 Å². The molecule has 0 saturated carbocycles. The van der Waals surface area contributed by atoms with E-state index in [1.165, 1.54) is 24.0 Å². The van der Waals surface area contributed by atoms with Crippen LogP contribution in [0.5, 0.6) is 0 Å². The number of hydrogen-bond acceptors (Lipinski definition) is 10. The van der Waals surface area contributed by atoms with Crippen molar-refractivity contribution in [1.29, 1.82) is 0 Å². The first-order valence-electron chi connectivity index (χ1n) is 13.1. The zero-order valence-electron chi connectivity index (χ0n) is 23.1. The first kappa shape index (κ1) is 32.2. The second-order valence-electron chi connectivity index (χ2n) is 9.91. The van der Waals surface area contributed by atoms with Gasteiger partial charge in [0.2, 0.25) is 11.8 Å². The normalized spacial score (nSPS) is 19.6. The molecule has 0 radical (unpaired) electrons. The topological polar surface area (TPSA) is 208 Å². The molecule has 13 heteroatoms. The Labute approximate surface area is 232 Å². The minimum atomic E-state index is -1.49. The molecule has 2 rings (SSSR count). The molecule has 220 valence electrons. The fourth-order valence-electron chi connectivity index (χ4n) is 4.64. The first-order chi connectivity index (χ1) is 18.8. The lowest BCUT2D eigenvalue weighted by molar-refractivity contribution is -0.167. The lowest BCUT2D eigenvalue weighted by atomic mass is 9.97. The number of anilines is 1. The summed E-state index contributed by atoms with van der Waals surface area (Å²) in [5, 5.41) is 12.0. The van der Waals surface area contributed by atoms with Gasteiger partial charge >= 0.3 is 17.9 Å². The molecule has 0 aliphatic carbocycles. The number of Topliss-reactive ketones (excluding diaryl/α,β-unsaturated/α-hetero) is 1. The van der Waals surface area contributed by atoms with Crippen LogP contribution < -0.4 is 16.8 Å². The summed E-state index contributed by atoms with van der Waals surface area (Å²) in [5.41, 5.74) is 12.3. The second kappa shape index (κ2) is 14.4. The van der Waals surface area contributed by atoms with Crippen LogP contribution in [-0.4, -0.2) is 82.4 Å². The van der Waals surface area contributed by atoms with Gasteiger partial charge in [0.25, 0.3) is 0 Å². The molecule has 1 heterocycles. The lowest BCUT2D eigenvalue weighted by Gasteiger charge is -2.35. The third-order valence-corrected chi connectivity index (χ3v) is 6.87. The lowest BCUT2D eigenvalue weighted by Crippen LogP contribution is -2.56. The van der Waals surface area contributed by atoms with Crippen LogP contribution in [0.3, 0.4) is 0 Å². The average molecular weight is 563 g/mol. The number of likely N-dealkylation sites (tertiary alicyclic amines) is 1. The number of hydrogen-bond donors (Lipinski definition) is 4. The molecule has 1 aliphatic rings. The molecule has 2 unspecified atom stereocenters. The highest BCUT2D eigenvalue weighted by atomic mass is 16.6. The van der Waals surface area contributed by atoms with E-state index in [0.29, 0.717) is 6.42 Å². The van der Waals surface area contributed by atoms with Crippen LogP contribution in [0, 0.1) is 5.92 Å². The van der Waals surface area contributed by atoms with Crippen molar-refractivity contribution >= 4 is 41.2 Å². The molecule has 1 aromatic carbocycles. The molecule has 6 N–H and O–H groups in total. The van der Waals surface area contributed by atoms with Gasteiger partial charge in [0, 0.05) is 44.5 Å². The number of carbonyl (C=O) groups is 6. The van der Waals surface area contributed by atoms with Crippen LogP contribution in [0.15, 0.2) is 24.3 Å². The van der Waals surface area contributed by atoms with Crippen molar-refractivity contribution in [3.63, 3.8) is 0 Å². The minimum Gasteiger partial charge on any atom is -0.481 e. The van der Waals surface area contributed by atoms with Gasteiger partial charge in [0.15, 0.2) is 5.78 Å². The molecule has 0 spiro atoms. The van der Waals surface area contributed by atoms with Gasteiger partial charge in [-0.1, -0.05) is 32.4 Å². The number of benzene rings is 1. The van der Waals surface area contributed by atoms with Gasteiger partial charge < -0.3 is 36.3 Å². The van der Waals surface area contributed by atoms with Crippen LogP contribution in [0.2, 0.25) is 0 Å². The summed E-state index contributed by atoms with van der Waals surface area (Å²) in [6, 6.07) is 2.61. The van der Waals surface area contributed by atoms with Crippen molar-refractivity contribution in [1.82, 2.24) is 10.2 Å². The van der Waals surface area contributed by atoms with Crippen LogP contribution >= 0.6 is 0 Å². The van der Waals surface area contributed by atoms with E-state index in [-0.39, 0.29) is 30.1 Å². The summed E-state index contributed by atoms with van der Waals surface area (Å²) in [5.74, 6) is -5.03. The number of nitrogens with zero attached hydrogens (tertiary/aromatic N) is 1. The number of aliphatic carboxylic acids is 1. The maximum absolute atomic E-state index is 13.3. The molecule has 40 heavy (non-hydrogen) atoms. The van der Waals surface area contributed by atoms with E-state index in [2.05, 4.69) is 5.32 Å². The maximum atomic E-state index is 13.3. The smallest absolute Gasteiger partial charge is 0.329 e. The van der Waals surface area contributed by atoms with Crippen LogP contribution in [0.25, 0.3) is 0 Å². The third-order valence-electron chi connectivity index (χ3n) is 6.87. The van der Waals surface area contributed by atoms with Crippen molar-refractivity contribution in [2.75, 3.05) is 12.3 Å². The Morgan fingerprint density at radius 3 is 2.33 bits per heavy atom. The number of nitrogen functional groups attached to an aromatic ring is 1. The number of rotatable bonds is 13. The van der Waals surface area contributed by atoms with Gasteiger partial charge in [0.1, 0.15) is 24.3 Å². The molecular weight excluding hydrogens is 524 g/mol. The number of ether oxygens (including phenoxy) is 2. The molecule has 1 aromatic rings. The zero-order chi connectivity index (χ0) is 30.1. The summed E-state index contributed by atoms with van der Waals surface area (Å²) in [7, 11) is 0. The van der Waals surface area contributed by atoms with E-state index in [1.54, 1.807) is 19.1 Å². The standard InChI is InChI=1S/C27H38N4O9/c1-5-14(2)24(29)26(37)31-11-10-21(39-16(4)33)25(31)22(13-23(35)36)40-27(38)19(30-15(3)32)12-20(34)17-8-6-7-9-18(17)28/h6-9,14,19,21-22,24-25H,5,10-13,28-29H2,1-4H3,(H,30,32)(H,35,36)/t14?,19-,21?,22-,24-,25-/m0/s1. The monoisotopic (exact) mass is 562 g/mol. The van der Waals surface area contributed by atoms with Gasteiger partial charge in [0.05, 0.1) is 12.5 Å². The molecule has 2 amide bonds. The number of nitrogens with one attached hydrogen (secondary N) is 1. The van der Waals surface area contributed by atoms with Crippen molar-refractivity contribution in [3.8, 4) is 0 Å². The molecule has 1 saturated heterocycles. The van der Waals surface area contributed by atoms with E-state index in [4.69, 9.17) is 20.9 Å². The van der Waals surface area contributed by atoms with Crippen molar-refractivity contribution in [3.05, 3.63) is 29.8 Å². The SMILES string of the molecule is CCC(C)[C@H](N)C(=O)N1CCC(OC(C)=O)[C@H]1[C@H](CC(=O)O)OC(=O)[C@H](CC(=O)c1ccccc1N)NC(C)=O. The number of carboxylic acids is 1. The highest BCUT2D eigenvalue weighted by Gasteiger charge is 2.48. The molecule has 0 aromatic heterocycles. The van der Waals surface area contributed by atoms with Crippen molar-refractivity contribution in [2.24, 2.45) is 11.7 Å². The highest BCUT2D eigenvalue weighted by Crippen LogP contribution is 2.29. The minimum absolute atomic E-state index is 0.0835. The van der Waals surface area contributed by atoms with Crippen LogP contribution in [0.1, 0.15) is 63.7 Å². The van der Waals surface area contributed by atoms with E-state index in [0.717, 1.165) is 6.92 Å². The van der Waals surface area contributed by atoms with Crippen molar-refractivity contribution < 1.29 is 43.3 Å². The predicted molar refractivity (Wildman–Crippen MR) is 143 cm³/mol. The maximum Gasteiger partial charge on any atom is 0.329 e. The fourth-order valence-corrected chi connectivity index (χ4v) is 4.64. The average Bonchev–Trinajstić information content (AvgIpc) is 3.28. The quantitative estimate of drug-likeness (QED) is 0.149. The number of amides is 2. The van der Waals surface area contributed by atoms with E-state index in [9.17, 15) is 33.9 Å². The number of carbonyl (C=O) groups excluding carboxylic acids is 5. The van der Waals surface area contributed by atoms with Gasteiger partial charge in [-0.15, -0.1) is 0 Å². The number of nitrogens with two attached hydrogens (primary N) is 2. The van der Waals surface area contributed by atoms with E-state index >= 15 is 0 Å². The third kappa shape index (κ3) is 8.50. The Balaban J connectivity index is 2.41. The summed E-state index contributed by atoms with van der Waals surface area (Å²) < 4.78 is 11.0. The van der Waals surface area contributed by atoms with Gasteiger partial charge in [-0.3, -0.25) is 24.0 Å². The summed E-state index contributed by atoms with van der Waals surface area (Å²) >= 11 is 0. The Morgan fingerprint density at radius 2 is 1.77 bits per heavy atom. The second-order valence-corrected chi connectivity index (χ2v) is 9.91. The molecule has 13 nitrogen and oxygen atoms in total. The van der Waals surface area contributed by atoms with E-state index in [1.807, 2.05) is 6.92 Å². The molecule has 0 bridgehead atoms. The molecule has 1 fully saturated rings. The zero-order valence-corrected chi connectivity index (χ0v) is 23.1. The number of carboxylic acid groups (broad SMARTS) is 1. The summed E-state index contributed by atoms with van der Waals surface area (Å²) in [6.45, 7) is 6.04. The van der Waals surface area contributed by atoms with Crippen LogP contribution in [-0.2, 0) is 33.4 Å². The predicted octanol–water partition coefficient (Wildman–Crippen LogP) is 0.639. The number of ketones is 1. The van der Waals surface area contributed by atoms with Crippen molar-refractivity contribution in [2.45, 2.75) is 83.7 Å². The molecule has 1 aliphatic heterocycles. The summed E-state index contributed by atoms with van der Waals surface area (Å²) in [6.07, 6.45) is -2.97. The molecular formula is C27H38N4O9. The van der Waals surface area contributed by atoms with E-state index < -0.39 is 78.7 Å². The van der Waals surface area contributed by atoms with Gasteiger partial charge in [-0.05, 0) is 18.1 Å². The Hall–Kier alpha value is -4.00. The summed E-state index contributed by atoms with van der Waals surface area (Å²) in [4.78, 5) is 76.4. The number of para-hydroxylation sites is 1. The molecule has 6 atom stereocenters. The Morgan fingerprint density at radius 1 is 1.12 bits per heavy atom. The Bertz CT molecular complexity index is 1120. The first-order valence-corrected chi connectivity index (χ1v) is 13.1. The van der Waals surface area contributed by atoms with Gasteiger partial charge in [-0.25, -0.2) is 4.79 Å². The van der Waals surface area contributed by atoms with Crippen LogP contribution in [0.4, 0.5) is 5.69 Å². The largest absolute Gasteiger partial charge is 0.481 e. The Kier molecular flexibility index (Phi) is 11.6.